The minimum absolute atomic E-state index is 0.195. The average Bonchev–Trinajstić information content (AvgIpc) is 2.28. The van der Waals surface area contributed by atoms with E-state index in [0.717, 1.165) is 19.3 Å². The maximum absolute atomic E-state index is 11.8. The second kappa shape index (κ2) is 4.12. The first-order valence-electron chi connectivity index (χ1n) is 6.06. The summed E-state index contributed by atoms with van der Waals surface area (Å²) in [5.74, 6) is 0.836. The van der Waals surface area contributed by atoms with E-state index in [0.29, 0.717) is 11.8 Å². The molecule has 3 heteroatoms. The van der Waals surface area contributed by atoms with Crippen molar-refractivity contribution >= 4 is 5.97 Å². The van der Waals surface area contributed by atoms with Crippen LogP contribution in [0, 0.1) is 11.8 Å². The van der Waals surface area contributed by atoms with Crippen LogP contribution in [-0.4, -0.2) is 18.6 Å². The van der Waals surface area contributed by atoms with E-state index in [1.165, 1.54) is 32.8 Å². The van der Waals surface area contributed by atoms with Crippen LogP contribution in [0.4, 0.5) is 0 Å². The molecule has 2 fully saturated rings. The molecule has 0 heterocycles. The van der Waals surface area contributed by atoms with E-state index >= 15 is 0 Å². The third-order valence-electron chi connectivity index (χ3n) is 4.30. The van der Waals surface area contributed by atoms with E-state index in [-0.39, 0.29) is 5.97 Å². The van der Waals surface area contributed by atoms with Gasteiger partial charge in [-0.1, -0.05) is 32.1 Å². The summed E-state index contributed by atoms with van der Waals surface area (Å²) < 4.78 is 4.88. The molecule has 3 nitrogen and oxygen atoms in total. The van der Waals surface area contributed by atoms with Gasteiger partial charge in [-0.15, -0.1) is 0 Å². The Bertz CT molecular complexity index is 252. The van der Waals surface area contributed by atoms with Crippen molar-refractivity contribution in [3.05, 3.63) is 0 Å². The SMILES string of the molecule is COC(=O)C1(N)CCCC2CCCCC21. The van der Waals surface area contributed by atoms with Crippen molar-refractivity contribution in [3.8, 4) is 0 Å². The molecule has 0 aliphatic heterocycles. The van der Waals surface area contributed by atoms with Gasteiger partial charge in [-0.3, -0.25) is 4.79 Å². The van der Waals surface area contributed by atoms with Gasteiger partial charge in [-0.25, -0.2) is 0 Å². The lowest BCUT2D eigenvalue weighted by atomic mass is 9.62. The summed E-state index contributed by atoms with van der Waals surface area (Å²) in [6.45, 7) is 0. The Balaban J connectivity index is 2.18. The predicted molar refractivity (Wildman–Crippen MR) is 58.2 cm³/mol. The number of rotatable bonds is 1. The van der Waals surface area contributed by atoms with Gasteiger partial charge >= 0.3 is 5.97 Å². The summed E-state index contributed by atoms with van der Waals surface area (Å²) in [6.07, 6.45) is 8.01. The number of hydrogen-bond donors (Lipinski definition) is 1. The van der Waals surface area contributed by atoms with E-state index in [1.807, 2.05) is 0 Å². The Morgan fingerprint density at radius 2 is 1.93 bits per heavy atom. The van der Waals surface area contributed by atoms with Gasteiger partial charge < -0.3 is 10.5 Å². The van der Waals surface area contributed by atoms with Gasteiger partial charge in [0.1, 0.15) is 5.54 Å². The number of fused-ring (bicyclic) bond motifs is 1. The molecule has 0 aromatic heterocycles. The maximum Gasteiger partial charge on any atom is 0.326 e. The Morgan fingerprint density at radius 1 is 1.27 bits per heavy atom. The monoisotopic (exact) mass is 211 g/mol. The normalized spacial score (nSPS) is 40.7. The highest BCUT2D eigenvalue weighted by Crippen LogP contribution is 2.45. The zero-order valence-corrected chi connectivity index (χ0v) is 9.50. The largest absolute Gasteiger partial charge is 0.468 e. The molecule has 2 N–H and O–H groups in total. The molecule has 2 aliphatic rings. The number of hydrogen-bond acceptors (Lipinski definition) is 3. The average molecular weight is 211 g/mol. The van der Waals surface area contributed by atoms with Gasteiger partial charge in [0.15, 0.2) is 0 Å². The van der Waals surface area contributed by atoms with Crippen LogP contribution in [0.15, 0.2) is 0 Å². The van der Waals surface area contributed by atoms with Crippen LogP contribution in [0.5, 0.6) is 0 Å². The van der Waals surface area contributed by atoms with Crippen molar-refractivity contribution in [1.82, 2.24) is 0 Å². The van der Waals surface area contributed by atoms with Gasteiger partial charge in [0.2, 0.25) is 0 Å². The molecule has 0 saturated heterocycles. The molecular formula is C12H21NO2. The Morgan fingerprint density at radius 3 is 2.67 bits per heavy atom. The lowest BCUT2D eigenvalue weighted by molar-refractivity contribution is -0.153. The van der Waals surface area contributed by atoms with Crippen LogP contribution in [0.25, 0.3) is 0 Å². The summed E-state index contributed by atoms with van der Waals surface area (Å²) in [7, 11) is 1.45. The number of carbonyl (C=O) groups is 1. The molecular weight excluding hydrogens is 190 g/mol. The molecule has 3 atom stereocenters. The molecule has 0 amide bonds. The Kier molecular flexibility index (Phi) is 3.01. The highest BCUT2D eigenvalue weighted by Gasteiger charge is 2.49. The summed E-state index contributed by atoms with van der Waals surface area (Å²) in [5.41, 5.74) is 5.61. The van der Waals surface area contributed by atoms with Gasteiger partial charge in [-0.05, 0) is 24.7 Å². The van der Waals surface area contributed by atoms with E-state index in [2.05, 4.69) is 0 Å². The predicted octanol–water partition coefficient (Wildman–Crippen LogP) is 1.85. The quantitative estimate of drug-likeness (QED) is 0.673. The van der Waals surface area contributed by atoms with Gasteiger partial charge in [0.05, 0.1) is 7.11 Å². The van der Waals surface area contributed by atoms with Crippen LogP contribution >= 0.6 is 0 Å². The number of carbonyl (C=O) groups excluding carboxylic acids is 1. The highest BCUT2D eigenvalue weighted by atomic mass is 16.5. The fourth-order valence-corrected chi connectivity index (χ4v) is 3.52. The van der Waals surface area contributed by atoms with E-state index in [1.54, 1.807) is 0 Å². The lowest BCUT2D eigenvalue weighted by Crippen LogP contribution is -2.59. The van der Waals surface area contributed by atoms with Crippen molar-refractivity contribution in [1.29, 1.82) is 0 Å². The van der Waals surface area contributed by atoms with Crippen LogP contribution in [0.3, 0.4) is 0 Å². The van der Waals surface area contributed by atoms with E-state index in [4.69, 9.17) is 10.5 Å². The first kappa shape index (κ1) is 10.9. The van der Waals surface area contributed by atoms with Crippen LogP contribution in [0.2, 0.25) is 0 Å². The number of nitrogens with two attached hydrogens (primary N) is 1. The van der Waals surface area contributed by atoms with Gasteiger partial charge in [0.25, 0.3) is 0 Å². The van der Waals surface area contributed by atoms with Crippen LogP contribution in [-0.2, 0) is 9.53 Å². The minimum atomic E-state index is -0.682. The summed E-state index contributed by atoms with van der Waals surface area (Å²) in [6, 6.07) is 0. The molecule has 2 rings (SSSR count). The standard InChI is InChI=1S/C12H21NO2/c1-15-11(14)12(13)8-4-6-9-5-2-3-7-10(9)12/h9-10H,2-8,13H2,1H3. The molecule has 86 valence electrons. The lowest BCUT2D eigenvalue weighted by Gasteiger charge is -2.46. The molecule has 3 unspecified atom stereocenters. The van der Waals surface area contributed by atoms with Crippen molar-refractivity contribution in [2.45, 2.75) is 50.5 Å². The number of esters is 1. The molecule has 0 bridgehead atoms. The first-order valence-corrected chi connectivity index (χ1v) is 6.06. The Hall–Kier alpha value is -0.570. The molecule has 0 aromatic rings. The highest BCUT2D eigenvalue weighted by molar-refractivity contribution is 5.81. The third kappa shape index (κ3) is 1.78. The fourth-order valence-electron chi connectivity index (χ4n) is 3.52. The van der Waals surface area contributed by atoms with E-state index < -0.39 is 5.54 Å². The second-order valence-corrected chi connectivity index (χ2v) is 5.08. The Labute approximate surface area is 91.4 Å². The van der Waals surface area contributed by atoms with Crippen molar-refractivity contribution < 1.29 is 9.53 Å². The zero-order chi connectivity index (χ0) is 10.9. The second-order valence-electron chi connectivity index (χ2n) is 5.08. The molecule has 15 heavy (non-hydrogen) atoms. The van der Waals surface area contributed by atoms with Crippen LogP contribution < -0.4 is 5.73 Å². The first-order chi connectivity index (χ1) is 7.18. The van der Waals surface area contributed by atoms with Gasteiger partial charge in [0, 0.05) is 0 Å². The molecule has 0 spiro atoms. The van der Waals surface area contributed by atoms with E-state index in [9.17, 15) is 4.79 Å². The van der Waals surface area contributed by atoms with Crippen LogP contribution in [0.1, 0.15) is 44.9 Å². The maximum atomic E-state index is 11.8. The fraction of sp³-hybridized carbons (Fsp3) is 0.917. The third-order valence-corrected chi connectivity index (χ3v) is 4.30. The molecule has 0 aromatic carbocycles. The van der Waals surface area contributed by atoms with Gasteiger partial charge in [-0.2, -0.15) is 0 Å². The summed E-state index contributed by atoms with van der Waals surface area (Å²) >= 11 is 0. The number of methoxy groups -OCH3 is 1. The van der Waals surface area contributed by atoms with Crippen molar-refractivity contribution in [2.75, 3.05) is 7.11 Å². The topological polar surface area (TPSA) is 52.3 Å². The summed E-state index contributed by atoms with van der Waals surface area (Å²) in [4.78, 5) is 11.8. The molecule has 0 radical (unpaired) electrons. The molecule has 2 saturated carbocycles. The van der Waals surface area contributed by atoms with Crippen molar-refractivity contribution in [2.24, 2.45) is 17.6 Å². The zero-order valence-electron chi connectivity index (χ0n) is 9.50. The smallest absolute Gasteiger partial charge is 0.326 e. The summed E-state index contributed by atoms with van der Waals surface area (Å²) in [5, 5.41) is 0. The van der Waals surface area contributed by atoms with Crippen molar-refractivity contribution in [3.63, 3.8) is 0 Å². The molecule has 2 aliphatic carbocycles. The minimum Gasteiger partial charge on any atom is -0.468 e. The number of ether oxygens (including phenoxy) is 1.